The first-order chi connectivity index (χ1) is 15.1. The Morgan fingerprint density at radius 3 is 2.34 bits per heavy atom. The number of rotatable bonds is 5. The van der Waals surface area contributed by atoms with E-state index in [4.69, 9.17) is 4.42 Å². The molecule has 0 radical (unpaired) electrons. The first-order valence-electron chi connectivity index (χ1n) is 11.8. The third-order valence-electron chi connectivity index (χ3n) is 6.78. The van der Waals surface area contributed by atoms with E-state index >= 15 is 0 Å². The fourth-order valence-electron chi connectivity index (χ4n) is 4.99. The second kappa shape index (κ2) is 8.74. The molecule has 2 heterocycles. The number of benzene rings is 2. The maximum Gasteiger partial charge on any atom is 0.287 e. The van der Waals surface area contributed by atoms with Crippen molar-refractivity contribution in [1.82, 2.24) is 10.2 Å². The van der Waals surface area contributed by atoms with Crippen LogP contribution in [0.1, 0.15) is 78.0 Å². The van der Waals surface area contributed by atoms with Crippen LogP contribution in [-0.4, -0.2) is 30.4 Å². The van der Waals surface area contributed by atoms with Crippen LogP contribution < -0.4 is 5.32 Å². The molecule has 1 amide bonds. The van der Waals surface area contributed by atoms with E-state index in [0.717, 1.165) is 40.7 Å². The summed E-state index contributed by atoms with van der Waals surface area (Å²) in [6.45, 7) is 15.5. The maximum absolute atomic E-state index is 13.1. The van der Waals surface area contributed by atoms with Crippen molar-refractivity contribution in [2.75, 3.05) is 19.6 Å². The molecule has 1 aromatic heterocycles. The Bertz CT molecular complexity index is 1110. The second-order valence-corrected chi connectivity index (χ2v) is 10.4. The van der Waals surface area contributed by atoms with Crippen molar-refractivity contribution >= 4 is 16.9 Å². The number of fused-ring (bicyclic) bond motifs is 1. The summed E-state index contributed by atoms with van der Waals surface area (Å²) < 4.78 is 6.01. The lowest BCUT2D eigenvalue weighted by Gasteiger charge is -2.29. The molecule has 1 atom stereocenters. The number of amides is 1. The van der Waals surface area contributed by atoms with Crippen molar-refractivity contribution in [3.63, 3.8) is 0 Å². The Morgan fingerprint density at radius 2 is 1.72 bits per heavy atom. The van der Waals surface area contributed by atoms with Gasteiger partial charge in [-0.3, -0.25) is 9.69 Å². The number of furan rings is 1. The number of nitrogens with one attached hydrogen (secondary N) is 1. The van der Waals surface area contributed by atoms with E-state index in [9.17, 15) is 4.79 Å². The quantitative estimate of drug-likeness (QED) is 0.520. The van der Waals surface area contributed by atoms with Gasteiger partial charge in [0.15, 0.2) is 5.76 Å². The Balaban J connectivity index is 1.56. The Morgan fingerprint density at radius 1 is 1.06 bits per heavy atom. The molecule has 0 unspecified atom stereocenters. The molecule has 0 spiro atoms. The summed E-state index contributed by atoms with van der Waals surface area (Å²) in [5.41, 5.74) is 6.71. The number of aryl methyl sites for hydroxylation is 3. The first-order valence-corrected chi connectivity index (χ1v) is 11.8. The topological polar surface area (TPSA) is 45.5 Å². The van der Waals surface area contributed by atoms with Gasteiger partial charge in [0.1, 0.15) is 5.58 Å². The molecule has 0 saturated carbocycles. The van der Waals surface area contributed by atoms with E-state index < -0.39 is 0 Å². The average Bonchev–Trinajstić information content (AvgIpc) is 3.36. The number of nitrogens with zero attached hydrogens (tertiary/aromatic N) is 1. The van der Waals surface area contributed by atoms with Crippen molar-refractivity contribution < 1.29 is 9.21 Å². The monoisotopic (exact) mass is 432 g/mol. The van der Waals surface area contributed by atoms with Crippen LogP contribution in [0.4, 0.5) is 0 Å². The fourth-order valence-corrected chi connectivity index (χ4v) is 4.99. The summed E-state index contributed by atoms with van der Waals surface area (Å²) in [6, 6.07) is 13.2. The molecule has 4 rings (SSSR count). The standard InChI is InChI=1S/C28H36N2O2/c1-18-15-19(2)25-20(3)26(32-24(25)16-18)27(31)29-17-23(30-13-7-8-14-30)21-9-11-22(12-10-21)28(4,5)6/h9-12,15-16,23H,7-8,13-14,17H2,1-6H3,(H,29,31)/t23-/m1/s1. The lowest BCUT2D eigenvalue weighted by Crippen LogP contribution is -2.37. The zero-order valence-corrected chi connectivity index (χ0v) is 20.3. The van der Waals surface area contributed by atoms with Crippen LogP contribution in [0.2, 0.25) is 0 Å². The molecule has 0 bridgehead atoms. The summed E-state index contributed by atoms with van der Waals surface area (Å²) in [4.78, 5) is 15.6. The van der Waals surface area contributed by atoms with Crippen molar-refractivity contribution in [3.05, 3.63) is 70.0 Å². The van der Waals surface area contributed by atoms with Crippen LogP contribution >= 0.6 is 0 Å². The van der Waals surface area contributed by atoms with Gasteiger partial charge in [-0.05, 0) is 80.4 Å². The molecule has 1 saturated heterocycles. The average molecular weight is 433 g/mol. The number of carbonyl (C=O) groups excluding carboxylic acids is 1. The largest absolute Gasteiger partial charge is 0.451 e. The van der Waals surface area contributed by atoms with Crippen LogP contribution in [0.15, 0.2) is 40.8 Å². The van der Waals surface area contributed by atoms with Gasteiger partial charge >= 0.3 is 0 Å². The molecular formula is C28H36N2O2. The number of carbonyl (C=O) groups is 1. The minimum Gasteiger partial charge on any atom is -0.451 e. The van der Waals surface area contributed by atoms with Gasteiger partial charge in [0.25, 0.3) is 5.91 Å². The van der Waals surface area contributed by atoms with Gasteiger partial charge in [-0.2, -0.15) is 0 Å². The van der Waals surface area contributed by atoms with Crippen molar-refractivity contribution in [3.8, 4) is 0 Å². The zero-order valence-electron chi connectivity index (χ0n) is 20.3. The molecule has 3 aromatic rings. The zero-order chi connectivity index (χ0) is 23.0. The first kappa shape index (κ1) is 22.6. The second-order valence-electron chi connectivity index (χ2n) is 10.4. The summed E-state index contributed by atoms with van der Waals surface area (Å²) in [5, 5.41) is 4.23. The number of hydrogen-bond donors (Lipinski definition) is 1. The Kier molecular flexibility index (Phi) is 6.17. The molecule has 1 aliphatic rings. The minimum absolute atomic E-state index is 0.130. The molecule has 4 heteroatoms. The molecule has 1 aliphatic heterocycles. The van der Waals surface area contributed by atoms with Crippen LogP contribution in [0.3, 0.4) is 0 Å². The van der Waals surface area contributed by atoms with Gasteiger partial charge in [0.05, 0.1) is 6.04 Å². The van der Waals surface area contributed by atoms with Crippen LogP contribution in [0, 0.1) is 20.8 Å². The maximum atomic E-state index is 13.1. The molecule has 1 N–H and O–H groups in total. The highest BCUT2D eigenvalue weighted by Crippen LogP contribution is 2.31. The van der Waals surface area contributed by atoms with Crippen molar-refractivity contribution in [2.24, 2.45) is 0 Å². The molecule has 1 fully saturated rings. The third-order valence-corrected chi connectivity index (χ3v) is 6.78. The van der Waals surface area contributed by atoms with E-state index in [1.807, 2.05) is 13.0 Å². The molecule has 170 valence electrons. The van der Waals surface area contributed by atoms with Crippen molar-refractivity contribution in [1.29, 1.82) is 0 Å². The van der Waals surface area contributed by atoms with Gasteiger partial charge in [0.2, 0.25) is 0 Å². The van der Waals surface area contributed by atoms with E-state index in [-0.39, 0.29) is 17.4 Å². The van der Waals surface area contributed by atoms with Crippen LogP contribution in [0.25, 0.3) is 11.0 Å². The van der Waals surface area contributed by atoms with Crippen molar-refractivity contribution in [2.45, 2.75) is 65.8 Å². The predicted molar refractivity (Wildman–Crippen MR) is 131 cm³/mol. The third kappa shape index (κ3) is 4.47. The Hall–Kier alpha value is -2.59. The van der Waals surface area contributed by atoms with Gasteiger partial charge in [-0.15, -0.1) is 0 Å². The van der Waals surface area contributed by atoms with E-state index in [2.05, 4.69) is 75.2 Å². The van der Waals surface area contributed by atoms with E-state index in [0.29, 0.717) is 12.3 Å². The predicted octanol–water partition coefficient (Wildman–Crippen LogP) is 6.22. The van der Waals surface area contributed by atoms with Gasteiger partial charge in [0, 0.05) is 17.5 Å². The van der Waals surface area contributed by atoms with Gasteiger partial charge < -0.3 is 9.73 Å². The molecule has 4 nitrogen and oxygen atoms in total. The van der Waals surface area contributed by atoms with Crippen LogP contribution in [0.5, 0.6) is 0 Å². The Labute approximate surface area is 192 Å². The van der Waals surface area contributed by atoms with Gasteiger partial charge in [-0.25, -0.2) is 0 Å². The normalized spacial score (nSPS) is 15.9. The highest BCUT2D eigenvalue weighted by molar-refractivity contribution is 6.00. The van der Waals surface area contributed by atoms with Gasteiger partial charge in [-0.1, -0.05) is 51.1 Å². The molecular weight excluding hydrogens is 396 g/mol. The summed E-state index contributed by atoms with van der Waals surface area (Å²) in [5.74, 6) is 0.295. The SMILES string of the molecule is Cc1cc(C)c2c(C)c(C(=O)NC[C@H](c3ccc(C(C)(C)C)cc3)N3CCCC3)oc2c1. The molecule has 32 heavy (non-hydrogen) atoms. The van der Waals surface area contributed by atoms with E-state index in [1.165, 1.54) is 24.0 Å². The summed E-state index contributed by atoms with van der Waals surface area (Å²) >= 11 is 0. The molecule has 0 aliphatic carbocycles. The van der Waals surface area contributed by atoms with Crippen LogP contribution in [-0.2, 0) is 5.41 Å². The number of hydrogen-bond acceptors (Lipinski definition) is 3. The summed E-state index contributed by atoms with van der Waals surface area (Å²) in [7, 11) is 0. The number of likely N-dealkylation sites (tertiary alicyclic amines) is 1. The lowest BCUT2D eigenvalue weighted by atomic mass is 9.86. The molecule has 2 aromatic carbocycles. The highest BCUT2D eigenvalue weighted by Gasteiger charge is 2.26. The van der Waals surface area contributed by atoms with E-state index in [1.54, 1.807) is 0 Å². The summed E-state index contributed by atoms with van der Waals surface area (Å²) in [6.07, 6.45) is 2.43. The minimum atomic E-state index is -0.133. The smallest absolute Gasteiger partial charge is 0.287 e. The fraction of sp³-hybridized carbons (Fsp3) is 0.464. The lowest BCUT2D eigenvalue weighted by molar-refractivity contribution is 0.0911. The highest BCUT2D eigenvalue weighted by atomic mass is 16.3.